The maximum absolute atomic E-state index is 13.3. The second-order valence-electron chi connectivity index (χ2n) is 8.32. The molecular weight excluding hydrogens is 430 g/mol. The van der Waals surface area contributed by atoms with Crippen LogP contribution in [-0.4, -0.2) is 54.2 Å². The van der Waals surface area contributed by atoms with Crippen LogP contribution in [0.5, 0.6) is 5.75 Å². The van der Waals surface area contributed by atoms with Gasteiger partial charge in [0.05, 0.1) is 23.0 Å². The number of anilines is 1. The summed E-state index contributed by atoms with van der Waals surface area (Å²) >= 11 is 6.20. The van der Waals surface area contributed by atoms with Crippen LogP contribution in [0.2, 0.25) is 5.02 Å². The average molecular weight is 458 g/mol. The van der Waals surface area contributed by atoms with Crippen molar-refractivity contribution in [3.63, 3.8) is 0 Å². The highest BCUT2D eigenvalue weighted by atomic mass is 35.5. The van der Waals surface area contributed by atoms with Crippen LogP contribution < -0.4 is 15.1 Å². The van der Waals surface area contributed by atoms with Gasteiger partial charge in [-0.1, -0.05) is 41.9 Å². The number of hydrogen-bond acceptors (Lipinski definition) is 5. The Morgan fingerprint density at radius 3 is 2.31 bits per heavy atom. The quantitative estimate of drug-likeness (QED) is 0.531. The Kier molecular flexibility index (Phi) is 7.17. The van der Waals surface area contributed by atoms with Crippen LogP contribution in [-0.2, 0) is 9.59 Å². The number of benzene rings is 2. The van der Waals surface area contributed by atoms with Crippen molar-refractivity contribution in [3.8, 4) is 5.75 Å². The third-order valence-electron chi connectivity index (χ3n) is 6.41. The molecule has 170 valence electrons. The third-order valence-corrected chi connectivity index (χ3v) is 6.72. The van der Waals surface area contributed by atoms with E-state index in [0.29, 0.717) is 43.1 Å². The van der Waals surface area contributed by atoms with Crippen molar-refractivity contribution in [2.75, 3.05) is 31.1 Å². The van der Waals surface area contributed by atoms with Crippen LogP contribution >= 0.6 is 11.6 Å². The number of nitrogens with one attached hydrogen (secondary N) is 1. The highest BCUT2D eigenvalue weighted by Crippen LogP contribution is 2.36. The topological polar surface area (TPSA) is 82.1 Å². The van der Waals surface area contributed by atoms with Crippen molar-refractivity contribution >= 4 is 29.1 Å². The Bertz CT molecular complexity index is 934. The Morgan fingerprint density at radius 1 is 0.938 bits per heavy atom. The van der Waals surface area contributed by atoms with Crippen LogP contribution in [0.25, 0.3) is 0 Å². The van der Waals surface area contributed by atoms with Crippen LogP contribution in [0.1, 0.15) is 19.3 Å². The van der Waals surface area contributed by atoms with Crippen molar-refractivity contribution in [2.45, 2.75) is 25.4 Å². The molecule has 1 aliphatic heterocycles. The van der Waals surface area contributed by atoms with E-state index in [-0.39, 0.29) is 12.0 Å². The second kappa shape index (κ2) is 10.2. The largest absolute Gasteiger partial charge is 0.489 e. The number of carbonyl (C=O) groups is 2. The smallest absolute Gasteiger partial charge is 0.247 e. The molecule has 7 nitrogen and oxygen atoms in total. The van der Waals surface area contributed by atoms with Gasteiger partial charge >= 0.3 is 0 Å². The molecule has 1 saturated heterocycles. The fourth-order valence-corrected chi connectivity index (χ4v) is 4.87. The Balaban J connectivity index is 1.39. The summed E-state index contributed by atoms with van der Waals surface area (Å²) < 4.78 is 6.02. The van der Waals surface area contributed by atoms with Gasteiger partial charge in [-0.2, -0.15) is 0 Å². The zero-order valence-electron chi connectivity index (χ0n) is 17.8. The zero-order chi connectivity index (χ0) is 22.5. The first-order chi connectivity index (χ1) is 15.6. The number of carbonyl (C=O) groups excluding carboxylic acids is 2. The summed E-state index contributed by atoms with van der Waals surface area (Å²) in [6.45, 7) is 2.71. The molecule has 2 amide bonds. The molecule has 8 heteroatoms. The molecule has 1 aliphatic carbocycles. The Labute approximate surface area is 192 Å². The van der Waals surface area contributed by atoms with E-state index in [0.717, 1.165) is 18.8 Å². The minimum absolute atomic E-state index is 0.0255. The molecule has 1 heterocycles. The molecule has 4 rings (SSSR count). The van der Waals surface area contributed by atoms with Gasteiger partial charge in [-0.05, 0) is 43.5 Å². The monoisotopic (exact) mass is 457 g/mol. The predicted octanol–water partition coefficient (Wildman–Crippen LogP) is 3.36. The van der Waals surface area contributed by atoms with E-state index in [1.807, 2.05) is 35.2 Å². The molecule has 1 saturated carbocycles. The minimum Gasteiger partial charge on any atom is -0.489 e. The number of ether oxygens (including phenoxy) is 1. The lowest BCUT2D eigenvalue weighted by Gasteiger charge is -2.40. The van der Waals surface area contributed by atoms with Crippen molar-refractivity contribution in [1.29, 1.82) is 0 Å². The highest BCUT2D eigenvalue weighted by molar-refractivity contribution is 6.32. The van der Waals surface area contributed by atoms with Gasteiger partial charge in [-0.15, -0.1) is 0 Å². The van der Waals surface area contributed by atoms with Crippen LogP contribution in [0.3, 0.4) is 0 Å². The molecule has 2 N–H and O–H groups in total. The van der Waals surface area contributed by atoms with Crippen molar-refractivity contribution in [3.05, 3.63) is 59.6 Å². The lowest BCUT2D eigenvalue weighted by Crippen LogP contribution is -2.53. The summed E-state index contributed by atoms with van der Waals surface area (Å²) in [5.41, 5.74) is 2.89. The van der Waals surface area contributed by atoms with Gasteiger partial charge in [0.25, 0.3) is 0 Å². The van der Waals surface area contributed by atoms with Gasteiger partial charge in [0.1, 0.15) is 5.75 Å². The number of hydrogen-bond donors (Lipinski definition) is 2. The molecule has 0 aromatic heterocycles. The van der Waals surface area contributed by atoms with Crippen LogP contribution in [0, 0.1) is 11.8 Å². The maximum atomic E-state index is 13.3. The van der Waals surface area contributed by atoms with Crippen LogP contribution in [0.4, 0.5) is 5.69 Å². The van der Waals surface area contributed by atoms with Crippen molar-refractivity contribution in [1.82, 2.24) is 10.4 Å². The standard InChI is InChI=1S/C24H28ClN3O4/c25-21-8-4-5-9-22(21)32-18-10-11-19(20(16-18)23(29)26-31)24(30)28-14-12-27(13-15-28)17-6-2-1-3-7-17/h1-9,18-20,31H,10-16H2,(H,26,29)/t18-,19+,20+/m1/s1. The van der Waals surface area contributed by atoms with Crippen LogP contribution in [0.15, 0.2) is 54.6 Å². The normalized spacial score (nSPS) is 23.5. The molecule has 0 radical (unpaired) electrons. The van der Waals surface area contributed by atoms with E-state index >= 15 is 0 Å². The summed E-state index contributed by atoms with van der Waals surface area (Å²) in [6.07, 6.45) is 1.25. The SMILES string of the molecule is O=C(NO)[C@H]1C[C@H](Oc2ccccc2Cl)CC[C@@H]1C(=O)N1CCN(c2ccccc2)CC1. The summed E-state index contributed by atoms with van der Waals surface area (Å²) in [5, 5.41) is 9.79. The van der Waals surface area contributed by atoms with Gasteiger partial charge in [0.2, 0.25) is 11.8 Å². The molecule has 2 fully saturated rings. The molecule has 0 spiro atoms. The van der Waals surface area contributed by atoms with E-state index in [9.17, 15) is 14.8 Å². The molecule has 32 heavy (non-hydrogen) atoms. The third kappa shape index (κ3) is 5.00. The van der Waals surface area contributed by atoms with Gasteiger partial charge in [-0.3, -0.25) is 14.8 Å². The molecule has 2 aromatic carbocycles. The van der Waals surface area contributed by atoms with E-state index in [1.165, 1.54) is 0 Å². The minimum atomic E-state index is -0.652. The molecular formula is C24H28ClN3O4. The second-order valence-corrected chi connectivity index (χ2v) is 8.73. The molecule has 0 unspecified atom stereocenters. The van der Waals surface area contributed by atoms with Gasteiger partial charge in [-0.25, -0.2) is 5.48 Å². The molecule has 2 aromatic rings. The van der Waals surface area contributed by atoms with Gasteiger partial charge in [0, 0.05) is 31.9 Å². The van der Waals surface area contributed by atoms with Crippen molar-refractivity contribution < 1.29 is 19.5 Å². The van der Waals surface area contributed by atoms with E-state index in [1.54, 1.807) is 17.6 Å². The lowest BCUT2D eigenvalue weighted by molar-refractivity contribution is -0.148. The highest BCUT2D eigenvalue weighted by Gasteiger charge is 2.42. The first kappa shape index (κ1) is 22.4. The number of amides is 2. The van der Waals surface area contributed by atoms with Gasteiger partial charge in [0.15, 0.2) is 0 Å². The fourth-order valence-electron chi connectivity index (χ4n) is 4.69. The Hall–Kier alpha value is -2.77. The first-order valence-corrected chi connectivity index (χ1v) is 11.4. The number of halogens is 1. The molecule has 2 aliphatic rings. The number of rotatable bonds is 5. The van der Waals surface area contributed by atoms with E-state index in [4.69, 9.17) is 16.3 Å². The lowest BCUT2D eigenvalue weighted by atomic mass is 9.76. The average Bonchev–Trinajstić information content (AvgIpc) is 2.85. The van der Waals surface area contributed by atoms with E-state index in [2.05, 4.69) is 17.0 Å². The summed E-state index contributed by atoms with van der Waals surface area (Å²) in [4.78, 5) is 29.9. The van der Waals surface area contributed by atoms with Crippen molar-refractivity contribution in [2.24, 2.45) is 11.8 Å². The summed E-state index contributed by atoms with van der Waals surface area (Å²) in [7, 11) is 0. The predicted molar refractivity (Wildman–Crippen MR) is 122 cm³/mol. The number of nitrogens with zero attached hydrogens (tertiary/aromatic N) is 2. The fraction of sp³-hybridized carbons (Fsp3) is 0.417. The summed E-state index contributed by atoms with van der Waals surface area (Å²) in [6, 6.07) is 17.3. The number of piperazine rings is 1. The molecule has 0 bridgehead atoms. The number of para-hydroxylation sites is 2. The maximum Gasteiger partial charge on any atom is 0.247 e. The molecule has 3 atom stereocenters. The zero-order valence-corrected chi connectivity index (χ0v) is 18.6. The first-order valence-electron chi connectivity index (χ1n) is 11.0. The van der Waals surface area contributed by atoms with Gasteiger partial charge < -0.3 is 14.5 Å². The number of hydroxylamine groups is 1. The van der Waals surface area contributed by atoms with E-state index < -0.39 is 17.7 Å². The summed E-state index contributed by atoms with van der Waals surface area (Å²) in [5.74, 6) is -1.14. The Morgan fingerprint density at radius 2 is 1.62 bits per heavy atom.